The third-order valence-corrected chi connectivity index (χ3v) is 5.23. The minimum atomic E-state index is -4.48. The number of nitrogens with one attached hydrogen (secondary N) is 1. The van der Waals surface area contributed by atoms with Crippen molar-refractivity contribution in [2.75, 3.05) is 26.1 Å². The maximum Gasteiger partial charge on any atom is 0.416 e. The van der Waals surface area contributed by atoms with Gasteiger partial charge < -0.3 is 25.3 Å². The first-order valence-electron chi connectivity index (χ1n) is 10.6. The lowest BCUT2D eigenvalue weighted by Gasteiger charge is -2.21. The number of rotatable bonds is 9. The Kier molecular flexibility index (Phi) is 7.53. The number of ether oxygens (including phenoxy) is 3. The van der Waals surface area contributed by atoms with Gasteiger partial charge in [-0.05, 0) is 57.0 Å². The van der Waals surface area contributed by atoms with E-state index in [0.29, 0.717) is 34.8 Å². The Morgan fingerprint density at radius 2 is 1.88 bits per heavy atom. The first kappa shape index (κ1) is 24.4. The standard InChI is InChI=1S/C24H28F3N3O3/c1-14-11-20(32-4)30-22-18(29-15(2)7-6-10-28)13-19(31-3)23(21(14)22)33-17-9-5-8-16(12-17)24(25,26)27/h5,8-9,11-13,15,29H,6-7,10,28H2,1-4H3/t15-/m0/s1. The monoisotopic (exact) mass is 463 g/mol. The molecule has 0 saturated carbocycles. The lowest BCUT2D eigenvalue weighted by molar-refractivity contribution is -0.137. The van der Waals surface area contributed by atoms with Crippen LogP contribution in [0.1, 0.15) is 30.9 Å². The summed E-state index contributed by atoms with van der Waals surface area (Å²) < 4.78 is 56.5. The maximum atomic E-state index is 13.2. The molecule has 3 rings (SSSR count). The largest absolute Gasteiger partial charge is 0.493 e. The number of anilines is 1. The molecular weight excluding hydrogens is 435 g/mol. The van der Waals surface area contributed by atoms with E-state index in [9.17, 15) is 13.2 Å². The molecule has 0 unspecified atom stereocenters. The van der Waals surface area contributed by atoms with Crippen molar-refractivity contribution in [2.24, 2.45) is 5.73 Å². The number of halogens is 3. The van der Waals surface area contributed by atoms with Gasteiger partial charge in [0.1, 0.15) is 11.3 Å². The third-order valence-electron chi connectivity index (χ3n) is 5.23. The molecule has 6 nitrogen and oxygen atoms in total. The Morgan fingerprint density at radius 1 is 1.12 bits per heavy atom. The van der Waals surface area contributed by atoms with Crippen LogP contribution in [0, 0.1) is 6.92 Å². The highest BCUT2D eigenvalue weighted by molar-refractivity contribution is 6.00. The van der Waals surface area contributed by atoms with Gasteiger partial charge in [0.05, 0.1) is 30.9 Å². The molecule has 3 aromatic rings. The Labute approximate surface area is 190 Å². The maximum absolute atomic E-state index is 13.2. The molecule has 178 valence electrons. The SMILES string of the molecule is COc1cc(C)c2c(Oc3cccc(C(F)(F)F)c3)c(OC)cc(N[C@@H](C)CCCN)c2n1. The number of benzene rings is 2. The average Bonchev–Trinajstić information content (AvgIpc) is 2.78. The summed E-state index contributed by atoms with van der Waals surface area (Å²) in [4.78, 5) is 4.60. The Hall–Kier alpha value is -3.20. The van der Waals surface area contributed by atoms with E-state index in [1.54, 1.807) is 12.1 Å². The summed E-state index contributed by atoms with van der Waals surface area (Å²) in [5.74, 6) is 1.09. The van der Waals surface area contributed by atoms with Gasteiger partial charge in [0, 0.05) is 18.2 Å². The molecule has 3 N–H and O–H groups in total. The fraction of sp³-hybridized carbons (Fsp3) is 0.375. The summed E-state index contributed by atoms with van der Waals surface area (Å²) in [6.07, 6.45) is -2.77. The zero-order valence-electron chi connectivity index (χ0n) is 19.0. The highest BCUT2D eigenvalue weighted by Crippen LogP contribution is 2.45. The number of hydrogen-bond acceptors (Lipinski definition) is 6. The van der Waals surface area contributed by atoms with Gasteiger partial charge in [-0.3, -0.25) is 0 Å². The predicted octanol–water partition coefficient (Wildman–Crippen LogP) is 5.91. The second-order valence-corrected chi connectivity index (χ2v) is 7.76. The van der Waals surface area contributed by atoms with Crippen molar-refractivity contribution in [1.29, 1.82) is 0 Å². The van der Waals surface area contributed by atoms with Crippen LogP contribution in [0.3, 0.4) is 0 Å². The first-order valence-corrected chi connectivity index (χ1v) is 10.6. The van der Waals surface area contributed by atoms with Crippen molar-refractivity contribution >= 4 is 16.6 Å². The van der Waals surface area contributed by atoms with Gasteiger partial charge in [-0.25, -0.2) is 4.98 Å². The number of fused-ring (bicyclic) bond motifs is 1. The molecule has 0 fully saturated rings. The molecule has 1 aromatic heterocycles. The van der Waals surface area contributed by atoms with Crippen LogP contribution in [0.25, 0.3) is 10.9 Å². The molecule has 0 aliphatic carbocycles. The number of aromatic nitrogens is 1. The zero-order valence-corrected chi connectivity index (χ0v) is 19.0. The molecule has 0 aliphatic heterocycles. The molecule has 33 heavy (non-hydrogen) atoms. The van der Waals surface area contributed by atoms with Crippen LogP contribution in [0.15, 0.2) is 36.4 Å². The number of aryl methyl sites for hydroxylation is 1. The summed E-state index contributed by atoms with van der Waals surface area (Å²) in [5, 5.41) is 4.05. The molecule has 9 heteroatoms. The Morgan fingerprint density at radius 3 is 2.52 bits per heavy atom. The van der Waals surface area contributed by atoms with Crippen LogP contribution in [-0.4, -0.2) is 31.8 Å². The van der Waals surface area contributed by atoms with Crippen molar-refractivity contribution in [2.45, 2.75) is 38.9 Å². The van der Waals surface area contributed by atoms with E-state index in [0.717, 1.165) is 30.5 Å². The lowest BCUT2D eigenvalue weighted by Crippen LogP contribution is -2.17. The fourth-order valence-electron chi connectivity index (χ4n) is 3.60. The molecule has 1 heterocycles. The van der Waals surface area contributed by atoms with E-state index in [1.165, 1.54) is 26.4 Å². The summed E-state index contributed by atoms with van der Waals surface area (Å²) in [6, 6.07) is 8.29. The van der Waals surface area contributed by atoms with Crippen LogP contribution in [0.4, 0.5) is 18.9 Å². The van der Waals surface area contributed by atoms with Crippen LogP contribution in [0.5, 0.6) is 23.1 Å². The van der Waals surface area contributed by atoms with Crippen molar-refractivity contribution in [3.8, 4) is 23.1 Å². The van der Waals surface area contributed by atoms with E-state index in [1.807, 2.05) is 13.8 Å². The summed E-state index contributed by atoms with van der Waals surface area (Å²) in [7, 11) is 3.00. The van der Waals surface area contributed by atoms with Crippen molar-refractivity contribution in [3.05, 3.63) is 47.5 Å². The zero-order chi connectivity index (χ0) is 24.2. The number of pyridine rings is 1. The minimum Gasteiger partial charge on any atom is -0.493 e. The summed E-state index contributed by atoms with van der Waals surface area (Å²) in [6.45, 7) is 4.48. The van der Waals surface area contributed by atoms with E-state index >= 15 is 0 Å². The number of hydrogen-bond donors (Lipinski definition) is 2. The van der Waals surface area contributed by atoms with E-state index in [4.69, 9.17) is 19.9 Å². The van der Waals surface area contributed by atoms with Gasteiger partial charge in [0.15, 0.2) is 11.5 Å². The molecular formula is C24H28F3N3O3. The molecule has 0 spiro atoms. The molecule has 0 radical (unpaired) electrons. The molecule has 1 atom stereocenters. The second-order valence-electron chi connectivity index (χ2n) is 7.76. The average molecular weight is 464 g/mol. The van der Waals surface area contributed by atoms with Gasteiger partial charge in [-0.15, -0.1) is 0 Å². The predicted molar refractivity (Wildman–Crippen MR) is 122 cm³/mol. The molecule has 0 aliphatic rings. The van der Waals surface area contributed by atoms with Crippen molar-refractivity contribution < 1.29 is 27.4 Å². The second kappa shape index (κ2) is 10.2. The molecule has 0 saturated heterocycles. The van der Waals surface area contributed by atoms with Gasteiger partial charge in [0.25, 0.3) is 0 Å². The van der Waals surface area contributed by atoms with Gasteiger partial charge in [-0.2, -0.15) is 13.2 Å². The number of nitrogens with zero attached hydrogens (tertiary/aromatic N) is 1. The van der Waals surface area contributed by atoms with Gasteiger partial charge in [0.2, 0.25) is 5.88 Å². The molecule has 0 bridgehead atoms. The number of alkyl halides is 3. The molecule has 2 aromatic carbocycles. The minimum absolute atomic E-state index is 0.0386. The van der Waals surface area contributed by atoms with E-state index in [-0.39, 0.29) is 17.5 Å². The van der Waals surface area contributed by atoms with Crippen molar-refractivity contribution in [1.82, 2.24) is 4.98 Å². The first-order chi connectivity index (χ1) is 15.7. The highest BCUT2D eigenvalue weighted by atomic mass is 19.4. The van der Waals surface area contributed by atoms with Gasteiger partial charge >= 0.3 is 6.18 Å². The van der Waals surface area contributed by atoms with E-state index in [2.05, 4.69) is 10.3 Å². The topological polar surface area (TPSA) is 78.6 Å². The number of methoxy groups -OCH3 is 2. The van der Waals surface area contributed by atoms with Crippen molar-refractivity contribution in [3.63, 3.8) is 0 Å². The summed E-state index contributed by atoms with van der Waals surface area (Å²) in [5.41, 5.74) is 6.87. The van der Waals surface area contributed by atoms with Crippen LogP contribution in [0.2, 0.25) is 0 Å². The highest BCUT2D eigenvalue weighted by Gasteiger charge is 2.31. The normalized spacial score (nSPS) is 12.5. The summed E-state index contributed by atoms with van der Waals surface area (Å²) >= 11 is 0. The van der Waals surface area contributed by atoms with Crippen LogP contribution < -0.4 is 25.3 Å². The molecule has 0 amide bonds. The third kappa shape index (κ3) is 5.60. The van der Waals surface area contributed by atoms with Crippen LogP contribution in [-0.2, 0) is 6.18 Å². The quantitative estimate of drug-likeness (QED) is 0.411. The van der Waals surface area contributed by atoms with Crippen LogP contribution >= 0.6 is 0 Å². The van der Waals surface area contributed by atoms with Gasteiger partial charge in [-0.1, -0.05) is 6.07 Å². The smallest absolute Gasteiger partial charge is 0.416 e. The van der Waals surface area contributed by atoms with E-state index < -0.39 is 11.7 Å². The lowest BCUT2D eigenvalue weighted by atomic mass is 10.1. The number of nitrogens with two attached hydrogens (primary N) is 1. The Bertz CT molecular complexity index is 1120. The fourth-order valence-corrected chi connectivity index (χ4v) is 3.60. The Balaban J connectivity index is 2.16.